The maximum absolute atomic E-state index is 11.4. The van der Waals surface area contributed by atoms with Crippen molar-refractivity contribution in [1.82, 2.24) is 5.06 Å². The molecule has 0 aromatic heterocycles. The van der Waals surface area contributed by atoms with Crippen molar-refractivity contribution in [2.75, 3.05) is 20.8 Å². The Kier molecular flexibility index (Phi) is 8.82. The SMILES string of the molecule is CON(C)C(=O)C=C=CCCCCO[Si](C)(C)C(C)(C)C. The molecule has 5 heteroatoms. The van der Waals surface area contributed by atoms with E-state index >= 15 is 0 Å². The van der Waals surface area contributed by atoms with Gasteiger partial charge in [0.05, 0.1) is 7.11 Å². The number of amides is 1. The lowest BCUT2D eigenvalue weighted by atomic mass is 10.2. The van der Waals surface area contributed by atoms with Crippen LogP contribution in [-0.2, 0) is 14.1 Å². The topological polar surface area (TPSA) is 38.8 Å². The Labute approximate surface area is 130 Å². The smallest absolute Gasteiger partial charge is 0.277 e. The second kappa shape index (κ2) is 9.21. The summed E-state index contributed by atoms with van der Waals surface area (Å²) in [4.78, 5) is 16.1. The molecule has 0 fully saturated rings. The van der Waals surface area contributed by atoms with Gasteiger partial charge >= 0.3 is 0 Å². The Balaban J connectivity index is 3.88. The summed E-state index contributed by atoms with van der Waals surface area (Å²) in [6.45, 7) is 12.1. The number of hydrogen-bond donors (Lipinski definition) is 0. The third kappa shape index (κ3) is 8.22. The predicted molar refractivity (Wildman–Crippen MR) is 89.4 cm³/mol. The zero-order valence-corrected chi connectivity index (χ0v) is 15.7. The molecule has 0 aromatic carbocycles. The summed E-state index contributed by atoms with van der Waals surface area (Å²) >= 11 is 0. The number of rotatable bonds is 8. The molecule has 1 amide bonds. The van der Waals surface area contributed by atoms with Gasteiger partial charge in [0.1, 0.15) is 0 Å². The van der Waals surface area contributed by atoms with Crippen LogP contribution in [0.15, 0.2) is 17.9 Å². The summed E-state index contributed by atoms with van der Waals surface area (Å²) in [6, 6.07) is 0. The number of carbonyl (C=O) groups is 1. The van der Waals surface area contributed by atoms with Crippen molar-refractivity contribution in [2.24, 2.45) is 0 Å². The van der Waals surface area contributed by atoms with E-state index in [1.807, 2.05) is 6.08 Å². The summed E-state index contributed by atoms with van der Waals surface area (Å²) in [5.41, 5.74) is 2.88. The molecule has 0 spiro atoms. The first-order valence-electron chi connectivity index (χ1n) is 7.48. The average Bonchev–Trinajstić information content (AvgIpc) is 2.39. The number of hydrogen-bond acceptors (Lipinski definition) is 3. The van der Waals surface area contributed by atoms with E-state index < -0.39 is 8.32 Å². The first kappa shape index (κ1) is 20.1. The Morgan fingerprint density at radius 3 is 2.43 bits per heavy atom. The molecule has 0 unspecified atom stereocenters. The van der Waals surface area contributed by atoms with Crippen LogP contribution >= 0.6 is 0 Å². The highest BCUT2D eigenvalue weighted by molar-refractivity contribution is 6.74. The standard InChI is InChI=1S/C16H31NO3Si/c1-16(2,3)21(6,7)20-14-12-10-8-9-11-13-15(18)17(4)19-5/h9,13H,8,10,12,14H2,1-7H3. The third-order valence-corrected chi connectivity index (χ3v) is 8.46. The van der Waals surface area contributed by atoms with Crippen molar-refractivity contribution >= 4 is 14.2 Å². The molecule has 122 valence electrons. The molecule has 0 aromatic rings. The Morgan fingerprint density at radius 1 is 1.29 bits per heavy atom. The van der Waals surface area contributed by atoms with Crippen LogP contribution < -0.4 is 0 Å². The molecular weight excluding hydrogens is 282 g/mol. The van der Waals surface area contributed by atoms with Gasteiger partial charge in [-0.1, -0.05) is 20.8 Å². The highest BCUT2D eigenvalue weighted by Gasteiger charge is 2.36. The summed E-state index contributed by atoms with van der Waals surface area (Å²) < 4.78 is 6.10. The number of nitrogens with zero attached hydrogens (tertiary/aromatic N) is 1. The van der Waals surface area contributed by atoms with Gasteiger partial charge in [-0.05, 0) is 43.5 Å². The van der Waals surface area contributed by atoms with E-state index in [9.17, 15) is 4.79 Å². The fraction of sp³-hybridized carbons (Fsp3) is 0.750. The molecule has 0 saturated carbocycles. The van der Waals surface area contributed by atoms with Gasteiger partial charge < -0.3 is 4.43 Å². The van der Waals surface area contributed by atoms with Crippen molar-refractivity contribution < 1.29 is 14.1 Å². The molecule has 4 nitrogen and oxygen atoms in total. The van der Waals surface area contributed by atoms with Crippen molar-refractivity contribution in [3.8, 4) is 0 Å². The third-order valence-electron chi connectivity index (χ3n) is 3.92. The first-order chi connectivity index (χ1) is 9.62. The summed E-state index contributed by atoms with van der Waals surface area (Å²) in [6.07, 6.45) is 6.26. The molecule has 0 N–H and O–H groups in total. The summed E-state index contributed by atoms with van der Waals surface area (Å²) in [5.74, 6) is -0.213. The molecule has 0 atom stereocenters. The lowest BCUT2D eigenvalue weighted by Gasteiger charge is -2.36. The zero-order valence-electron chi connectivity index (χ0n) is 14.7. The Bertz CT molecular complexity index is 379. The van der Waals surface area contributed by atoms with Gasteiger partial charge in [-0.15, -0.1) is 5.73 Å². The highest BCUT2D eigenvalue weighted by atomic mass is 28.4. The van der Waals surface area contributed by atoms with Crippen LogP contribution in [0.1, 0.15) is 40.0 Å². The largest absolute Gasteiger partial charge is 0.417 e. The lowest BCUT2D eigenvalue weighted by molar-refractivity contribution is -0.162. The van der Waals surface area contributed by atoms with E-state index in [1.165, 1.54) is 13.2 Å². The van der Waals surface area contributed by atoms with Gasteiger partial charge in [-0.25, -0.2) is 5.06 Å². The van der Waals surface area contributed by atoms with Gasteiger partial charge in [0.15, 0.2) is 8.32 Å². The van der Waals surface area contributed by atoms with Crippen molar-refractivity contribution in [3.05, 3.63) is 17.9 Å². The molecule has 0 radical (unpaired) electrons. The van der Waals surface area contributed by atoms with Crippen LogP contribution in [0, 0.1) is 0 Å². The van der Waals surface area contributed by atoms with E-state index in [1.54, 1.807) is 7.05 Å². The normalized spacial score (nSPS) is 11.8. The Hall–Kier alpha value is -0.873. The maximum Gasteiger partial charge on any atom is 0.277 e. The van der Waals surface area contributed by atoms with Gasteiger partial charge in [-0.3, -0.25) is 9.63 Å². The van der Waals surface area contributed by atoms with E-state index in [0.717, 1.165) is 30.9 Å². The first-order valence-corrected chi connectivity index (χ1v) is 10.4. The second-order valence-corrected chi connectivity index (χ2v) is 11.4. The Morgan fingerprint density at radius 2 is 1.90 bits per heavy atom. The van der Waals surface area contributed by atoms with E-state index in [-0.39, 0.29) is 10.9 Å². The quantitative estimate of drug-likeness (QED) is 0.224. The molecule has 21 heavy (non-hydrogen) atoms. The molecular formula is C16H31NO3Si. The lowest BCUT2D eigenvalue weighted by Crippen LogP contribution is -2.40. The predicted octanol–water partition coefficient (Wildman–Crippen LogP) is 3.91. The van der Waals surface area contributed by atoms with Gasteiger partial charge in [0, 0.05) is 19.7 Å². The molecule has 0 aliphatic heterocycles. The monoisotopic (exact) mass is 313 g/mol. The van der Waals surface area contributed by atoms with Crippen molar-refractivity contribution in [1.29, 1.82) is 0 Å². The van der Waals surface area contributed by atoms with Crippen LogP contribution in [0.2, 0.25) is 18.1 Å². The van der Waals surface area contributed by atoms with Crippen LogP contribution in [0.4, 0.5) is 0 Å². The summed E-state index contributed by atoms with van der Waals surface area (Å²) in [7, 11) is 1.42. The van der Waals surface area contributed by atoms with E-state index in [0.29, 0.717) is 0 Å². The second-order valence-electron chi connectivity index (χ2n) is 6.64. The number of hydroxylamine groups is 2. The van der Waals surface area contributed by atoms with Crippen molar-refractivity contribution in [3.63, 3.8) is 0 Å². The van der Waals surface area contributed by atoms with Gasteiger partial charge in [-0.2, -0.15) is 0 Å². The van der Waals surface area contributed by atoms with Crippen LogP contribution in [0.5, 0.6) is 0 Å². The minimum absolute atomic E-state index is 0.213. The zero-order chi connectivity index (χ0) is 16.5. The molecule has 0 rings (SSSR count). The summed E-state index contributed by atoms with van der Waals surface area (Å²) in [5, 5.41) is 1.43. The minimum atomic E-state index is -1.61. The molecule has 0 aliphatic carbocycles. The van der Waals surface area contributed by atoms with Gasteiger partial charge in [0.25, 0.3) is 5.91 Å². The average molecular weight is 314 g/mol. The molecule has 0 saturated heterocycles. The fourth-order valence-electron chi connectivity index (χ4n) is 1.29. The van der Waals surface area contributed by atoms with E-state index in [4.69, 9.17) is 9.26 Å². The minimum Gasteiger partial charge on any atom is -0.417 e. The van der Waals surface area contributed by atoms with Gasteiger partial charge in [0.2, 0.25) is 0 Å². The number of unbranched alkanes of at least 4 members (excludes halogenated alkanes) is 2. The van der Waals surface area contributed by atoms with Crippen LogP contribution in [0.3, 0.4) is 0 Å². The van der Waals surface area contributed by atoms with E-state index in [2.05, 4.69) is 39.6 Å². The fourth-order valence-corrected chi connectivity index (χ4v) is 2.37. The molecule has 0 heterocycles. The number of likely N-dealkylation sites (N-methyl/N-ethyl adjacent to an activating group) is 1. The number of carbonyl (C=O) groups excluding carboxylic acids is 1. The van der Waals surface area contributed by atoms with Crippen molar-refractivity contribution in [2.45, 2.75) is 58.2 Å². The van der Waals surface area contributed by atoms with Crippen LogP contribution in [-0.4, -0.2) is 40.1 Å². The maximum atomic E-state index is 11.4. The van der Waals surface area contributed by atoms with Crippen LogP contribution in [0.25, 0.3) is 0 Å². The molecule has 0 bridgehead atoms. The molecule has 0 aliphatic rings. The highest BCUT2D eigenvalue weighted by Crippen LogP contribution is 2.36.